The Balaban J connectivity index is 1.64. The van der Waals surface area contributed by atoms with Crippen molar-refractivity contribution in [2.75, 3.05) is 13.3 Å². The number of alkyl carbamates (subject to hydrolysis) is 1. The third kappa shape index (κ3) is 12.1. The molecular weight excluding hydrogens is 738 g/mol. The molecular formula is C41H47N5O11. The maximum atomic E-state index is 14.1. The Morgan fingerprint density at radius 2 is 1.72 bits per heavy atom. The number of Topliss-reactive ketones (excluding diaryl/α,β-unsaturated/α-hetero) is 1. The molecule has 1 aliphatic carbocycles. The van der Waals surface area contributed by atoms with Crippen LogP contribution in [0.4, 0.5) is 4.79 Å². The van der Waals surface area contributed by atoms with Gasteiger partial charge in [-0.1, -0.05) is 57.2 Å². The van der Waals surface area contributed by atoms with Gasteiger partial charge in [-0.05, 0) is 71.2 Å². The zero-order chi connectivity index (χ0) is 41.8. The van der Waals surface area contributed by atoms with Crippen molar-refractivity contribution in [2.45, 2.75) is 72.3 Å². The third-order valence-electron chi connectivity index (χ3n) is 9.19. The van der Waals surface area contributed by atoms with Crippen LogP contribution in [0.1, 0.15) is 101 Å². The first-order valence-corrected chi connectivity index (χ1v) is 18.3. The predicted molar refractivity (Wildman–Crippen MR) is 207 cm³/mol. The summed E-state index contributed by atoms with van der Waals surface area (Å²) in [5.41, 5.74) is 7.57. The maximum absolute atomic E-state index is 14.1. The molecule has 0 bridgehead atoms. The molecule has 6 N–H and O–H groups in total. The Kier molecular flexibility index (Phi) is 15.3. The third-order valence-corrected chi connectivity index (χ3v) is 9.19. The molecule has 1 aromatic heterocycles. The summed E-state index contributed by atoms with van der Waals surface area (Å²) in [6, 6.07) is 11.2. The van der Waals surface area contributed by atoms with Crippen molar-refractivity contribution < 1.29 is 52.8 Å². The Morgan fingerprint density at radius 1 is 1.02 bits per heavy atom. The van der Waals surface area contributed by atoms with E-state index < -0.39 is 61.4 Å². The lowest BCUT2D eigenvalue weighted by molar-refractivity contribution is -0.162. The van der Waals surface area contributed by atoms with Gasteiger partial charge in [-0.2, -0.15) is 0 Å². The molecule has 3 atom stereocenters. The second-order valence-electron chi connectivity index (χ2n) is 13.5. The SMILES string of the molecule is C=Cc1cc(C(=O)Cc2ccc(C(=N)NC(=O)OC(C)OC(C)=O)cc2)c(-c2ccc(C(=O)NCC3CC3)nc2C(=O)OCOC(=O)[C@@H](N)C(C)CC)cc1CO. The number of aromatic nitrogens is 1. The van der Waals surface area contributed by atoms with Crippen molar-refractivity contribution in [3.63, 3.8) is 0 Å². The number of ketones is 1. The zero-order valence-corrected chi connectivity index (χ0v) is 32.2. The predicted octanol–water partition coefficient (Wildman–Crippen LogP) is 4.44. The minimum Gasteiger partial charge on any atom is -0.427 e. The summed E-state index contributed by atoms with van der Waals surface area (Å²) in [6.45, 7) is 9.16. The fourth-order valence-electron chi connectivity index (χ4n) is 5.52. The zero-order valence-electron chi connectivity index (χ0n) is 32.2. The molecule has 1 heterocycles. The number of carbonyl (C=O) groups is 6. The standard InChI is InChI=1S/C41H47N5O11/c1-6-22(3)35(42)39(51)54-21-55-40(52)36-30(14-15-33(45-36)38(50)44-19-26-8-9-26)31-18-29(20-47)27(7-2)17-32(31)34(49)16-25-10-12-28(13-11-25)37(43)46-41(53)57-24(5)56-23(4)48/h7,10-15,17-18,22,24,26,35,47H,2,6,8-9,16,19-21,42H2,1,3-5H3,(H,44,50)(H2,43,46,53)/t22?,24?,35-/m0/s1. The summed E-state index contributed by atoms with van der Waals surface area (Å²) in [5.74, 6) is -3.54. The number of aliphatic hydroxyl groups is 1. The van der Waals surface area contributed by atoms with Gasteiger partial charge in [0, 0.05) is 43.5 Å². The van der Waals surface area contributed by atoms with Gasteiger partial charge in [-0.25, -0.2) is 14.6 Å². The maximum Gasteiger partial charge on any atom is 0.415 e. The Labute approximate surface area is 329 Å². The molecule has 16 nitrogen and oxygen atoms in total. The largest absolute Gasteiger partial charge is 0.427 e. The summed E-state index contributed by atoms with van der Waals surface area (Å²) < 4.78 is 20.1. The van der Waals surface area contributed by atoms with Gasteiger partial charge in [0.15, 0.2) is 11.5 Å². The first-order chi connectivity index (χ1) is 27.1. The molecule has 0 spiro atoms. The van der Waals surface area contributed by atoms with Crippen molar-refractivity contribution in [1.82, 2.24) is 15.6 Å². The number of hydrogen-bond acceptors (Lipinski definition) is 14. The van der Waals surface area contributed by atoms with E-state index in [2.05, 4.69) is 22.2 Å². The summed E-state index contributed by atoms with van der Waals surface area (Å²) in [6.07, 6.45) is 1.74. The molecule has 0 aliphatic heterocycles. The Morgan fingerprint density at radius 3 is 2.33 bits per heavy atom. The number of benzene rings is 2. The van der Waals surface area contributed by atoms with Gasteiger partial charge >= 0.3 is 24.0 Å². The van der Waals surface area contributed by atoms with E-state index in [0.29, 0.717) is 35.6 Å². The lowest BCUT2D eigenvalue weighted by Gasteiger charge is -2.18. The van der Waals surface area contributed by atoms with Crippen molar-refractivity contribution >= 4 is 47.6 Å². The number of amides is 2. The van der Waals surface area contributed by atoms with Crippen LogP contribution in [0.15, 0.2) is 55.1 Å². The van der Waals surface area contributed by atoms with Crippen LogP contribution in [0.2, 0.25) is 0 Å². The first-order valence-electron chi connectivity index (χ1n) is 18.3. The second kappa shape index (κ2) is 20.1. The molecule has 4 rings (SSSR count). The lowest BCUT2D eigenvalue weighted by Crippen LogP contribution is -2.38. The Bertz CT molecular complexity index is 2030. The van der Waals surface area contributed by atoms with E-state index in [1.165, 1.54) is 49.4 Å². The van der Waals surface area contributed by atoms with Crippen molar-refractivity contribution in [1.29, 1.82) is 5.41 Å². The van der Waals surface area contributed by atoms with E-state index in [9.17, 15) is 33.9 Å². The molecule has 1 aliphatic rings. The monoisotopic (exact) mass is 785 g/mol. The van der Waals surface area contributed by atoms with Gasteiger partial charge in [-0.15, -0.1) is 0 Å². The van der Waals surface area contributed by atoms with Gasteiger partial charge in [0.25, 0.3) is 5.91 Å². The number of rotatable bonds is 18. The number of pyridine rings is 1. The van der Waals surface area contributed by atoms with E-state index in [4.69, 9.17) is 30.1 Å². The van der Waals surface area contributed by atoms with Crippen LogP contribution in [0.5, 0.6) is 0 Å². The number of aliphatic hydroxyl groups excluding tert-OH is 1. The van der Waals surface area contributed by atoms with Crippen molar-refractivity contribution in [3.8, 4) is 11.1 Å². The van der Waals surface area contributed by atoms with Crippen LogP contribution in [-0.2, 0) is 41.6 Å². The number of nitrogens with zero attached hydrogens (tertiary/aromatic N) is 1. The number of ether oxygens (including phenoxy) is 4. The number of carbonyl (C=O) groups excluding carboxylic acids is 6. The van der Waals surface area contributed by atoms with E-state index >= 15 is 0 Å². The fourth-order valence-corrected chi connectivity index (χ4v) is 5.52. The van der Waals surface area contributed by atoms with Crippen LogP contribution in [-0.4, -0.2) is 77.3 Å². The molecule has 2 aromatic carbocycles. The van der Waals surface area contributed by atoms with Gasteiger partial charge < -0.3 is 35.1 Å². The minimum absolute atomic E-state index is 0.0903. The summed E-state index contributed by atoms with van der Waals surface area (Å²) in [5, 5.41) is 23.5. The number of amidine groups is 1. The van der Waals surface area contributed by atoms with E-state index in [1.807, 2.05) is 6.92 Å². The molecule has 0 radical (unpaired) electrons. The molecule has 2 unspecified atom stereocenters. The number of esters is 3. The van der Waals surface area contributed by atoms with Crippen LogP contribution >= 0.6 is 0 Å². The number of hydrogen-bond donors (Lipinski definition) is 5. The average Bonchev–Trinajstić information content (AvgIpc) is 4.03. The average molecular weight is 786 g/mol. The highest BCUT2D eigenvalue weighted by atomic mass is 16.7. The van der Waals surface area contributed by atoms with Crippen LogP contribution in [0, 0.1) is 17.2 Å². The van der Waals surface area contributed by atoms with E-state index in [1.54, 1.807) is 19.1 Å². The fraction of sp³-hybridized carbons (Fsp3) is 0.366. The topological polar surface area (TPSA) is 246 Å². The van der Waals surface area contributed by atoms with E-state index in [0.717, 1.165) is 19.8 Å². The molecule has 57 heavy (non-hydrogen) atoms. The molecule has 16 heteroatoms. The minimum atomic E-state index is -1.17. The van der Waals surface area contributed by atoms with Crippen LogP contribution < -0.4 is 16.4 Å². The summed E-state index contributed by atoms with van der Waals surface area (Å²) >= 11 is 0. The number of nitrogens with one attached hydrogen (secondary N) is 3. The first kappa shape index (κ1) is 43.5. The Hall–Kier alpha value is -6.26. The second-order valence-corrected chi connectivity index (χ2v) is 13.5. The van der Waals surface area contributed by atoms with Crippen molar-refractivity contribution in [3.05, 3.63) is 94.3 Å². The van der Waals surface area contributed by atoms with Gasteiger partial charge in [0.2, 0.25) is 13.1 Å². The highest BCUT2D eigenvalue weighted by Crippen LogP contribution is 2.32. The highest BCUT2D eigenvalue weighted by molar-refractivity contribution is 6.08. The summed E-state index contributed by atoms with van der Waals surface area (Å²) in [7, 11) is 0. The van der Waals surface area contributed by atoms with E-state index in [-0.39, 0.29) is 51.8 Å². The quantitative estimate of drug-likeness (QED) is 0.0394. The highest BCUT2D eigenvalue weighted by Gasteiger charge is 2.27. The summed E-state index contributed by atoms with van der Waals surface area (Å²) in [4.78, 5) is 80.9. The van der Waals surface area contributed by atoms with Crippen molar-refractivity contribution in [2.24, 2.45) is 17.6 Å². The molecule has 3 aromatic rings. The van der Waals surface area contributed by atoms with Crippen LogP contribution in [0.3, 0.4) is 0 Å². The molecule has 302 valence electrons. The van der Waals surface area contributed by atoms with Crippen LogP contribution in [0.25, 0.3) is 17.2 Å². The van der Waals surface area contributed by atoms with Gasteiger partial charge in [0.05, 0.1) is 6.61 Å². The molecule has 0 saturated heterocycles. The smallest absolute Gasteiger partial charge is 0.415 e. The molecule has 1 saturated carbocycles. The lowest BCUT2D eigenvalue weighted by atomic mass is 9.89. The molecule has 2 amide bonds. The number of nitrogens with two attached hydrogens (primary N) is 1. The normalized spacial score (nSPS) is 13.6. The molecule has 1 fully saturated rings. The van der Waals surface area contributed by atoms with Gasteiger partial charge in [0.1, 0.15) is 17.6 Å². The van der Waals surface area contributed by atoms with Gasteiger partial charge in [-0.3, -0.25) is 29.9 Å².